The molecule has 0 radical (unpaired) electrons. The Labute approximate surface area is 121 Å². The zero-order chi connectivity index (χ0) is 15.1. The van der Waals surface area contributed by atoms with Crippen LogP contribution in [0.3, 0.4) is 0 Å². The number of fused-ring (bicyclic) bond motifs is 1. The smallest absolute Gasteiger partial charge is 0.157 e. The first-order chi connectivity index (χ1) is 9.95. The Morgan fingerprint density at radius 1 is 0.952 bits per heavy atom. The maximum absolute atomic E-state index is 9.82. The molecule has 0 spiro atoms. The number of phenols is 4. The van der Waals surface area contributed by atoms with Crippen LogP contribution in [-0.4, -0.2) is 20.4 Å². The summed E-state index contributed by atoms with van der Waals surface area (Å²) >= 11 is 0. The van der Waals surface area contributed by atoms with E-state index in [1.165, 1.54) is 24.3 Å². The van der Waals surface area contributed by atoms with E-state index in [1.54, 1.807) is 0 Å². The normalized spacial score (nSPS) is 17.1. The first-order valence-corrected chi connectivity index (χ1v) is 6.69. The summed E-state index contributed by atoms with van der Waals surface area (Å²) in [5.41, 5.74) is 2.26. The summed E-state index contributed by atoms with van der Waals surface area (Å²) in [4.78, 5) is 0. The predicted molar refractivity (Wildman–Crippen MR) is 76.0 cm³/mol. The van der Waals surface area contributed by atoms with Gasteiger partial charge >= 0.3 is 0 Å². The van der Waals surface area contributed by atoms with E-state index in [-0.39, 0.29) is 29.1 Å². The summed E-state index contributed by atoms with van der Waals surface area (Å²) in [7, 11) is 0. The average molecular weight is 288 g/mol. The van der Waals surface area contributed by atoms with Gasteiger partial charge in [-0.1, -0.05) is 0 Å². The molecule has 5 heteroatoms. The van der Waals surface area contributed by atoms with Gasteiger partial charge in [0.15, 0.2) is 11.5 Å². The Morgan fingerprint density at radius 3 is 2.43 bits per heavy atom. The number of aromatic hydroxyl groups is 4. The van der Waals surface area contributed by atoms with Crippen LogP contribution in [0.2, 0.25) is 0 Å². The van der Waals surface area contributed by atoms with Crippen molar-refractivity contribution in [2.24, 2.45) is 0 Å². The van der Waals surface area contributed by atoms with Gasteiger partial charge in [-0.3, -0.25) is 0 Å². The van der Waals surface area contributed by atoms with Crippen LogP contribution < -0.4 is 4.74 Å². The molecule has 1 atom stereocenters. The van der Waals surface area contributed by atoms with Crippen LogP contribution in [0.4, 0.5) is 0 Å². The van der Waals surface area contributed by atoms with E-state index in [1.807, 2.05) is 6.92 Å². The number of rotatable bonds is 1. The summed E-state index contributed by atoms with van der Waals surface area (Å²) in [5, 5.41) is 38.5. The lowest BCUT2D eigenvalue weighted by Gasteiger charge is -2.28. The molecule has 4 N–H and O–H groups in total. The van der Waals surface area contributed by atoms with Gasteiger partial charge in [0.25, 0.3) is 0 Å². The highest BCUT2D eigenvalue weighted by Gasteiger charge is 2.26. The Balaban J connectivity index is 1.98. The minimum Gasteiger partial charge on any atom is -0.508 e. The molecule has 21 heavy (non-hydrogen) atoms. The topological polar surface area (TPSA) is 90.2 Å². The second-order valence-corrected chi connectivity index (χ2v) is 5.28. The summed E-state index contributed by atoms with van der Waals surface area (Å²) in [6.45, 7) is 1.83. The number of ether oxygens (including phenoxy) is 1. The summed E-state index contributed by atoms with van der Waals surface area (Å²) in [6.07, 6.45) is 0.939. The number of aryl methyl sites for hydroxylation is 1. The minimum absolute atomic E-state index is 0.0220. The van der Waals surface area contributed by atoms with Gasteiger partial charge in [0.1, 0.15) is 23.4 Å². The van der Waals surface area contributed by atoms with Gasteiger partial charge in [-0.2, -0.15) is 0 Å². The van der Waals surface area contributed by atoms with E-state index in [4.69, 9.17) is 4.74 Å². The largest absolute Gasteiger partial charge is 0.508 e. The molecule has 0 saturated heterocycles. The molecule has 1 aliphatic heterocycles. The van der Waals surface area contributed by atoms with Crippen LogP contribution in [0.1, 0.15) is 29.2 Å². The van der Waals surface area contributed by atoms with Crippen molar-refractivity contribution in [3.8, 4) is 28.7 Å². The molecule has 0 saturated carbocycles. The molecule has 2 aromatic carbocycles. The predicted octanol–water partition coefficient (Wildman–Crippen LogP) is 2.88. The van der Waals surface area contributed by atoms with Gasteiger partial charge < -0.3 is 25.2 Å². The monoisotopic (exact) mass is 288 g/mol. The molecule has 110 valence electrons. The second kappa shape index (κ2) is 4.77. The maximum Gasteiger partial charge on any atom is 0.157 e. The van der Waals surface area contributed by atoms with Crippen molar-refractivity contribution < 1.29 is 25.2 Å². The molecule has 0 aromatic heterocycles. The SMILES string of the molecule is Cc1cc(O)c(O)cc1C1CCc2c(O)cc(O)cc2O1. The Bertz CT molecular complexity index is 708. The molecule has 3 rings (SSSR count). The van der Waals surface area contributed by atoms with Gasteiger partial charge in [0, 0.05) is 17.7 Å². The number of benzene rings is 2. The first-order valence-electron chi connectivity index (χ1n) is 6.69. The van der Waals surface area contributed by atoms with E-state index in [9.17, 15) is 20.4 Å². The third-order valence-corrected chi connectivity index (χ3v) is 3.81. The van der Waals surface area contributed by atoms with Crippen molar-refractivity contribution in [3.63, 3.8) is 0 Å². The van der Waals surface area contributed by atoms with Crippen molar-refractivity contribution in [2.75, 3.05) is 0 Å². The number of hydrogen-bond donors (Lipinski definition) is 4. The van der Waals surface area contributed by atoms with Crippen molar-refractivity contribution in [3.05, 3.63) is 41.0 Å². The fourth-order valence-corrected chi connectivity index (χ4v) is 2.72. The number of hydrogen-bond acceptors (Lipinski definition) is 5. The molecule has 1 heterocycles. The summed E-state index contributed by atoms with van der Waals surface area (Å²) in [5.74, 6) is 0.0492. The van der Waals surface area contributed by atoms with E-state index < -0.39 is 0 Å². The molecule has 2 aromatic rings. The molecule has 1 unspecified atom stereocenters. The van der Waals surface area contributed by atoms with Gasteiger partial charge in [-0.15, -0.1) is 0 Å². The highest BCUT2D eigenvalue weighted by Crippen LogP contribution is 2.43. The van der Waals surface area contributed by atoms with E-state index in [0.717, 1.165) is 11.1 Å². The van der Waals surface area contributed by atoms with E-state index in [0.29, 0.717) is 24.2 Å². The Hall–Kier alpha value is -2.56. The second-order valence-electron chi connectivity index (χ2n) is 5.28. The quantitative estimate of drug-likeness (QED) is 0.606. The molecule has 1 aliphatic rings. The maximum atomic E-state index is 9.82. The molecule has 5 nitrogen and oxygen atoms in total. The lowest BCUT2D eigenvalue weighted by Crippen LogP contribution is -2.16. The lowest BCUT2D eigenvalue weighted by atomic mass is 9.94. The van der Waals surface area contributed by atoms with Crippen LogP contribution >= 0.6 is 0 Å². The van der Waals surface area contributed by atoms with Crippen LogP contribution in [0.5, 0.6) is 28.7 Å². The zero-order valence-electron chi connectivity index (χ0n) is 11.5. The van der Waals surface area contributed by atoms with Gasteiger partial charge in [0.2, 0.25) is 0 Å². The van der Waals surface area contributed by atoms with Crippen LogP contribution in [0.25, 0.3) is 0 Å². The average Bonchev–Trinajstić information content (AvgIpc) is 2.42. The number of phenolic OH excluding ortho intramolecular Hbond substituents is 4. The van der Waals surface area contributed by atoms with Crippen LogP contribution in [-0.2, 0) is 6.42 Å². The standard InChI is InChI=1S/C16H16O5/c1-8-4-13(19)14(20)7-11(8)15-3-2-10-12(18)5-9(17)6-16(10)21-15/h4-7,15,17-20H,2-3H2,1H3. The third kappa shape index (κ3) is 2.31. The fraction of sp³-hybridized carbons (Fsp3) is 0.250. The first kappa shape index (κ1) is 13.4. The zero-order valence-corrected chi connectivity index (χ0v) is 11.5. The van der Waals surface area contributed by atoms with E-state index >= 15 is 0 Å². The summed E-state index contributed by atoms with van der Waals surface area (Å²) in [6, 6.07) is 5.74. The highest BCUT2D eigenvalue weighted by molar-refractivity contribution is 5.52. The van der Waals surface area contributed by atoms with Crippen LogP contribution in [0, 0.1) is 6.92 Å². The van der Waals surface area contributed by atoms with Gasteiger partial charge in [0.05, 0.1) is 0 Å². The molecule has 0 bridgehead atoms. The Morgan fingerprint density at radius 2 is 1.67 bits per heavy atom. The van der Waals surface area contributed by atoms with Crippen LogP contribution in [0.15, 0.2) is 24.3 Å². The molecule has 0 amide bonds. The van der Waals surface area contributed by atoms with E-state index in [2.05, 4.69) is 0 Å². The van der Waals surface area contributed by atoms with Crippen molar-refractivity contribution in [1.82, 2.24) is 0 Å². The molecule has 0 aliphatic carbocycles. The highest BCUT2D eigenvalue weighted by atomic mass is 16.5. The van der Waals surface area contributed by atoms with Gasteiger partial charge in [-0.25, -0.2) is 0 Å². The minimum atomic E-state index is -0.301. The van der Waals surface area contributed by atoms with Gasteiger partial charge in [-0.05, 0) is 43.0 Å². The van der Waals surface area contributed by atoms with Crippen molar-refractivity contribution >= 4 is 0 Å². The third-order valence-electron chi connectivity index (χ3n) is 3.81. The fourth-order valence-electron chi connectivity index (χ4n) is 2.72. The molecular formula is C16H16O5. The van der Waals surface area contributed by atoms with Crippen molar-refractivity contribution in [2.45, 2.75) is 25.9 Å². The van der Waals surface area contributed by atoms with Crippen molar-refractivity contribution in [1.29, 1.82) is 0 Å². The summed E-state index contributed by atoms with van der Waals surface area (Å²) < 4.78 is 5.84. The molecule has 0 fully saturated rings. The lowest BCUT2D eigenvalue weighted by molar-refractivity contribution is 0.173. The Kier molecular flexibility index (Phi) is 3.05. The molecular weight excluding hydrogens is 272 g/mol.